The number of piperazine rings is 1. The van der Waals surface area contributed by atoms with Crippen molar-refractivity contribution in [3.63, 3.8) is 0 Å². The van der Waals surface area contributed by atoms with Gasteiger partial charge in [-0.2, -0.15) is 5.10 Å². The lowest BCUT2D eigenvalue weighted by Crippen LogP contribution is -2.48. The topological polar surface area (TPSA) is 84.5 Å². The summed E-state index contributed by atoms with van der Waals surface area (Å²) >= 11 is 0. The van der Waals surface area contributed by atoms with Gasteiger partial charge >= 0.3 is 0 Å². The fourth-order valence-corrected chi connectivity index (χ4v) is 3.82. The summed E-state index contributed by atoms with van der Waals surface area (Å²) in [7, 11) is 0. The van der Waals surface area contributed by atoms with Gasteiger partial charge in [-0.3, -0.25) is 14.5 Å². The van der Waals surface area contributed by atoms with E-state index in [4.69, 9.17) is 5.73 Å². The minimum Gasteiger partial charge on any atom is -0.394 e. The number of nitrogen functional groups attached to an aromatic ring is 1. The van der Waals surface area contributed by atoms with Gasteiger partial charge < -0.3 is 10.6 Å². The molecular weight excluding hydrogens is 378 g/mol. The summed E-state index contributed by atoms with van der Waals surface area (Å²) in [5.41, 5.74) is 8.24. The molecule has 1 fully saturated rings. The largest absolute Gasteiger partial charge is 0.394 e. The summed E-state index contributed by atoms with van der Waals surface area (Å²) in [4.78, 5) is 29.5. The molecule has 0 radical (unpaired) electrons. The highest BCUT2D eigenvalue weighted by atomic mass is 16.1. The highest BCUT2D eigenvalue weighted by Crippen LogP contribution is 2.24. The molecule has 1 aliphatic heterocycles. The zero-order valence-electron chi connectivity index (χ0n) is 17.0. The molecule has 30 heavy (non-hydrogen) atoms. The minimum atomic E-state index is -0.426. The fourth-order valence-electron chi connectivity index (χ4n) is 3.82. The number of nitrogens with zero attached hydrogens (tertiary/aromatic N) is 4. The van der Waals surface area contributed by atoms with Crippen molar-refractivity contribution in [3.05, 3.63) is 76.6 Å². The fraction of sp³-hybridized carbons (Fsp3) is 0.261. The summed E-state index contributed by atoms with van der Waals surface area (Å²) in [5.74, 6) is -0.264. The third-order valence-corrected chi connectivity index (χ3v) is 5.42. The Morgan fingerprint density at radius 1 is 0.967 bits per heavy atom. The van der Waals surface area contributed by atoms with Crippen molar-refractivity contribution in [2.24, 2.45) is 0 Å². The Balaban J connectivity index is 1.59. The molecule has 0 atom stereocenters. The normalized spacial score (nSPS) is 14.6. The van der Waals surface area contributed by atoms with Crippen LogP contribution in [0.3, 0.4) is 0 Å². The van der Waals surface area contributed by atoms with Crippen molar-refractivity contribution in [3.8, 4) is 11.3 Å². The van der Waals surface area contributed by atoms with E-state index in [1.54, 1.807) is 0 Å². The van der Waals surface area contributed by atoms with Crippen LogP contribution in [0.4, 0.5) is 11.4 Å². The quantitative estimate of drug-likeness (QED) is 0.659. The maximum atomic E-state index is 12.8. The summed E-state index contributed by atoms with van der Waals surface area (Å²) in [6.07, 6.45) is 0. The molecule has 0 amide bonds. The first kappa shape index (κ1) is 19.8. The standard InChI is InChI=1S/C23H25N5O2/c1-17(29)20-21(24)23(30)28(25-22(20)18-8-4-2-5-9-18)16-26-12-14-27(15-13-26)19-10-6-3-7-11-19/h2-11H,12-16,24H2,1H3. The van der Waals surface area contributed by atoms with Crippen molar-refractivity contribution in [2.45, 2.75) is 13.6 Å². The summed E-state index contributed by atoms with van der Waals surface area (Å²) < 4.78 is 1.38. The molecule has 2 N–H and O–H groups in total. The molecule has 0 saturated carbocycles. The molecule has 1 saturated heterocycles. The molecule has 3 aromatic rings. The van der Waals surface area contributed by atoms with Crippen molar-refractivity contribution in [1.82, 2.24) is 14.7 Å². The maximum Gasteiger partial charge on any atom is 0.291 e. The summed E-state index contributed by atoms with van der Waals surface area (Å²) in [6, 6.07) is 19.7. The van der Waals surface area contributed by atoms with Gasteiger partial charge in [0.25, 0.3) is 5.56 Å². The van der Waals surface area contributed by atoms with Crippen molar-refractivity contribution >= 4 is 17.2 Å². The lowest BCUT2D eigenvalue weighted by Gasteiger charge is -2.36. The van der Waals surface area contributed by atoms with Crippen LogP contribution >= 0.6 is 0 Å². The van der Waals surface area contributed by atoms with E-state index in [0.29, 0.717) is 12.4 Å². The number of aromatic nitrogens is 2. The number of anilines is 2. The Morgan fingerprint density at radius 3 is 2.17 bits per heavy atom. The average molecular weight is 403 g/mol. The first-order valence-electron chi connectivity index (χ1n) is 10.0. The Bertz CT molecular complexity index is 1090. The monoisotopic (exact) mass is 403 g/mol. The molecule has 0 unspecified atom stereocenters. The van der Waals surface area contributed by atoms with Gasteiger partial charge in [0.2, 0.25) is 0 Å². The second-order valence-corrected chi connectivity index (χ2v) is 7.45. The van der Waals surface area contributed by atoms with Crippen LogP contribution in [0.5, 0.6) is 0 Å². The number of hydrogen-bond acceptors (Lipinski definition) is 6. The molecule has 154 valence electrons. The second kappa shape index (κ2) is 8.51. The van der Waals surface area contributed by atoms with Crippen molar-refractivity contribution < 1.29 is 4.79 Å². The Labute approximate surface area is 175 Å². The van der Waals surface area contributed by atoms with E-state index < -0.39 is 5.56 Å². The number of benzene rings is 2. The van der Waals surface area contributed by atoms with Gasteiger partial charge in [-0.1, -0.05) is 48.5 Å². The molecule has 1 aromatic heterocycles. The molecule has 4 rings (SSSR count). The van der Waals surface area contributed by atoms with Gasteiger partial charge in [0, 0.05) is 37.4 Å². The number of Topliss-reactive ketones (excluding diaryl/α,β-unsaturated/α-hetero) is 1. The van der Waals surface area contributed by atoms with E-state index in [0.717, 1.165) is 31.7 Å². The van der Waals surface area contributed by atoms with E-state index in [1.165, 1.54) is 17.3 Å². The molecule has 1 aliphatic rings. The van der Waals surface area contributed by atoms with Crippen molar-refractivity contribution in [2.75, 3.05) is 36.8 Å². The van der Waals surface area contributed by atoms with Crippen molar-refractivity contribution in [1.29, 1.82) is 0 Å². The third-order valence-electron chi connectivity index (χ3n) is 5.42. The number of hydrogen-bond donors (Lipinski definition) is 1. The highest BCUT2D eigenvalue weighted by molar-refractivity contribution is 6.04. The lowest BCUT2D eigenvalue weighted by atomic mass is 10.0. The Morgan fingerprint density at radius 2 is 1.57 bits per heavy atom. The van der Waals surface area contributed by atoms with Gasteiger partial charge in [-0.05, 0) is 19.1 Å². The van der Waals surface area contributed by atoms with Crippen LogP contribution < -0.4 is 16.2 Å². The molecule has 2 aromatic carbocycles. The van der Waals surface area contributed by atoms with E-state index in [9.17, 15) is 9.59 Å². The highest BCUT2D eigenvalue weighted by Gasteiger charge is 2.22. The Kier molecular flexibility index (Phi) is 5.63. The van der Waals surface area contributed by atoms with Crippen LogP contribution in [0.25, 0.3) is 11.3 Å². The number of nitrogens with two attached hydrogens (primary N) is 1. The zero-order valence-corrected chi connectivity index (χ0v) is 17.0. The van der Waals surface area contributed by atoms with Gasteiger partial charge in [0.15, 0.2) is 5.78 Å². The van der Waals surface area contributed by atoms with Gasteiger partial charge in [0.05, 0.1) is 12.2 Å². The predicted molar refractivity (Wildman–Crippen MR) is 119 cm³/mol. The minimum absolute atomic E-state index is 0.0423. The average Bonchev–Trinajstić information content (AvgIpc) is 2.78. The molecule has 0 aliphatic carbocycles. The summed E-state index contributed by atoms with van der Waals surface area (Å²) in [5, 5.41) is 4.54. The second-order valence-electron chi connectivity index (χ2n) is 7.45. The number of ketones is 1. The molecule has 7 nitrogen and oxygen atoms in total. The first-order valence-corrected chi connectivity index (χ1v) is 10.0. The number of carbonyl (C=O) groups is 1. The van der Waals surface area contributed by atoms with Crippen LogP contribution in [0.2, 0.25) is 0 Å². The van der Waals surface area contributed by atoms with Crippen LogP contribution in [-0.2, 0) is 6.67 Å². The smallest absolute Gasteiger partial charge is 0.291 e. The first-order chi connectivity index (χ1) is 14.5. The molecule has 0 spiro atoms. The van der Waals surface area contributed by atoms with Crippen LogP contribution in [-0.4, -0.2) is 46.6 Å². The van der Waals surface area contributed by atoms with Gasteiger partial charge in [-0.25, -0.2) is 4.68 Å². The lowest BCUT2D eigenvalue weighted by molar-refractivity contribution is 0.101. The maximum absolute atomic E-state index is 12.8. The van der Waals surface area contributed by atoms with E-state index in [2.05, 4.69) is 27.0 Å². The molecule has 7 heteroatoms. The Hall–Kier alpha value is -3.45. The van der Waals surface area contributed by atoms with Crippen LogP contribution in [0, 0.1) is 0 Å². The van der Waals surface area contributed by atoms with Crippen LogP contribution in [0.1, 0.15) is 17.3 Å². The predicted octanol–water partition coefficient (Wildman–Crippen LogP) is 2.47. The molecule has 0 bridgehead atoms. The summed E-state index contributed by atoms with van der Waals surface area (Å²) in [6.45, 7) is 5.09. The van der Waals surface area contributed by atoms with E-state index in [1.807, 2.05) is 48.5 Å². The third kappa shape index (κ3) is 3.97. The number of para-hydroxylation sites is 1. The molecular formula is C23H25N5O2. The molecule has 2 heterocycles. The van der Waals surface area contributed by atoms with Crippen LogP contribution in [0.15, 0.2) is 65.5 Å². The van der Waals surface area contributed by atoms with Gasteiger partial charge in [0.1, 0.15) is 11.4 Å². The SMILES string of the molecule is CC(=O)c1c(-c2ccccc2)nn(CN2CCN(c3ccccc3)CC2)c(=O)c1N. The zero-order chi connectivity index (χ0) is 21.1. The van der Waals surface area contributed by atoms with E-state index in [-0.39, 0.29) is 17.0 Å². The van der Waals surface area contributed by atoms with Gasteiger partial charge in [-0.15, -0.1) is 0 Å². The number of carbonyl (C=O) groups excluding carboxylic acids is 1. The number of rotatable bonds is 5. The van der Waals surface area contributed by atoms with E-state index >= 15 is 0 Å².